The molecule has 6 nitrogen and oxygen atoms in total. The van der Waals surface area contributed by atoms with Crippen LogP contribution in [0, 0.1) is 6.92 Å². The molecule has 6 heteroatoms. The molecule has 0 saturated carbocycles. The molecule has 0 spiro atoms. The first-order chi connectivity index (χ1) is 8.04. The van der Waals surface area contributed by atoms with Crippen molar-refractivity contribution < 1.29 is 0 Å². The Kier molecular flexibility index (Phi) is 2.97. The van der Waals surface area contributed by atoms with Crippen LogP contribution in [0.25, 0.3) is 5.69 Å². The van der Waals surface area contributed by atoms with Gasteiger partial charge in [-0.3, -0.25) is 4.68 Å². The standard InChI is InChI=1S/C11H18N6/c1-5-9-10(6-16(4)14-9)17-8(3)11(7(2)12)13-15-17/h6-7H,5,12H2,1-4H3. The quantitative estimate of drug-likeness (QED) is 0.856. The Labute approximate surface area is 100 Å². The zero-order valence-corrected chi connectivity index (χ0v) is 10.7. The van der Waals surface area contributed by atoms with E-state index in [-0.39, 0.29) is 6.04 Å². The summed E-state index contributed by atoms with van der Waals surface area (Å²) in [6.07, 6.45) is 2.81. The Morgan fingerprint density at radius 2 is 2.18 bits per heavy atom. The van der Waals surface area contributed by atoms with Crippen LogP contribution in [-0.4, -0.2) is 24.8 Å². The maximum absolute atomic E-state index is 5.85. The molecule has 0 aliphatic rings. The molecule has 0 saturated heterocycles. The number of aromatic nitrogens is 5. The first kappa shape index (κ1) is 11.8. The van der Waals surface area contributed by atoms with Crippen molar-refractivity contribution in [1.82, 2.24) is 24.8 Å². The highest BCUT2D eigenvalue weighted by atomic mass is 15.4. The van der Waals surface area contributed by atoms with Crippen LogP contribution in [0.5, 0.6) is 0 Å². The Morgan fingerprint density at radius 3 is 2.71 bits per heavy atom. The highest BCUT2D eigenvalue weighted by molar-refractivity contribution is 5.36. The van der Waals surface area contributed by atoms with Gasteiger partial charge in [0.2, 0.25) is 0 Å². The van der Waals surface area contributed by atoms with Gasteiger partial charge in [0, 0.05) is 13.1 Å². The van der Waals surface area contributed by atoms with E-state index in [1.807, 2.05) is 31.8 Å². The Hall–Kier alpha value is -1.69. The summed E-state index contributed by atoms with van der Waals surface area (Å²) in [6, 6.07) is -0.106. The lowest BCUT2D eigenvalue weighted by molar-refractivity contribution is 0.746. The Bertz CT molecular complexity index is 522. The van der Waals surface area contributed by atoms with Gasteiger partial charge in [0.25, 0.3) is 0 Å². The van der Waals surface area contributed by atoms with E-state index >= 15 is 0 Å². The van der Waals surface area contributed by atoms with E-state index in [2.05, 4.69) is 22.3 Å². The van der Waals surface area contributed by atoms with E-state index in [4.69, 9.17) is 5.73 Å². The smallest absolute Gasteiger partial charge is 0.108 e. The number of nitrogens with zero attached hydrogens (tertiary/aromatic N) is 5. The van der Waals surface area contributed by atoms with Gasteiger partial charge in [-0.05, 0) is 20.3 Å². The third-order valence-electron chi connectivity index (χ3n) is 2.81. The van der Waals surface area contributed by atoms with Crippen molar-refractivity contribution in [2.45, 2.75) is 33.2 Å². The van der Waals surface area contributed by atoms with E-state index in [0.717, 1.165) is 29.2 Å². The SMILES string of the molecule is CCc1nn(C)cc1-n1nnc(C(C)N)c1C. The fraction of sp³-hybridized carbons (Fsp3) is 0.545. The van der Waals surface area contributed by atoms with Crippen LogP contribution in [0.2, 0.25) is 0 Å². The van der Waals surface area contributed by atoms with E-state index in [0.29, 0.717) is 0 Å². The number of aryl methyl sites for hydroxylation is 2. The summed E-state index contributed by atoms with van der Waals surface area (Å²) >= 11 is 0. The molecule has 0 aliphatic carbocycles. The van der Waals surface area contributed by atoms with Crippen LogP contribution in [0.15, 0.2) is 6.20 Å². The molecular weight excluding hydrogens is 216 g/mol. The second-order valence-corrected chi connectivity index (χ2v) is 4.25. The van der Waals surface area contributed by atoms with Crippen molar-refractivity contribution in [2.75, 3.05) is 0 Å². The summed E-state index contributed by atoms with van der Waals surface area (Å²) < 4.78 is 3.60. The maximum atomic E-state index is 5.85. The third kappa shape index (κ3) is 1.95. The second kappa shape index (κ2) is 4.29. The van der Waals surface area contributed by atoms with Crippen LogP contribution in [-0.2, 0) is 13.5 Å². The van der Waals surface area contributed by atoms with Gasteiger partial charge in [0.05, 0.1) is 17.6 Å². The summed E-state index contributed by atoms with van der Waals surface area (Å²) in [7, 11) is 1.90. The molecule has 92 valence electrons. The summed E-state index contributed by atoms with van der Waals surface area (Å²) in [5.41, 5.74) is 9.64. The Balaban J connectivity index is 2.53. The predicted octanol–water partition coefficient (Wildman–Crippen LogP) is 0.891. The van der Waals surface area contributed by atoms with Crippen LogP contribution in [0.3, 0.4) is 0 Å². The van der Waals surface area contributed by atoms with Crippen LogP contribution in [0.1, 0.15) is 37.0 Å². The minimum Gasteiger partial charge on any atom is -0.323 e. The van der Waals surface area contributed by atoms with Gasteiger partial charge in [-0.1, -0.05) is 12.1 Å². The van der Waals surface area contributed by atoms with E-state index in [9.17, 15) is 0 Å². The minimum absolute atomic E-state index is 0.106. The summed E-state index contributed by atoms with van der Waals surface area (Å²) in [5.74, 6) is 0. The van der Waals surface area contributed by atoms with Gasteiger partial charge in [-0.25, -0.2) is 4.68 Å². The van der Waals surface area contributed by atoms with Crippen LogP contribution < -0.4 is 5.73 Å². The molecule has 2 heterocycles. The van der Waals surface area contributed by atoms with Gasteiger partial charge < -0.3 is 5.73 Å². The van der Waals surface area contributed by atoms with Gasteiger partial charge in [-0.15, -0.1) is 5.10 Å². The number of rotatable bonds is 3. The molecule has 0 aliphatic heterocycles. The average molecular weight is 234 g/mol. The molecular formula is C11H18N6. The predicted molar refractivity (Wildman–Crippen MR) is 64.8 cm³/mol. The molecule has 0 amide bonds. The van der Waals surface area contributed by atoms with Crippen molar-refractivity contribution in [2.24, 2.45) is 12.8 Å². The zero-order valence-electron chi connectivity index (χ0n) is 10.7. The minimum atomic E-state index is -0.106. The first-order valence-electron chi connectivity index (χ1n) is 5.75. The molecule has 17 heavy (non-hydrogen) atoms. The maximum Gasteiger partial charge on any atom is 0.108 e. The van der Waals surface area contributed by atoms with Crippen molar-refractivity contribution in [3.05, 3.63) is 23.3 Å². The molecule has 0 radical (unpaired) electrons. The van der Waals surface area contributed by atoms with Gasteiger partial charge in [0.1, 0.15) is 11.4 Å². The topological polar surface area (TPSA) is 74.5 Å². The van der Waals surface area contributed by atoms with Gasteiger partial charge in [0.15, 0.2) is 0 Å². The molecule has 1 unspecified atom stereocenters. The van der Waals surface area contributed by atoms with Crippen molar-refractivity contribution in [3.8, 4) is 5.69 Å². The van der Waals surface area contributed by atoms with Crippen LogP contribution in [0.4, 0.5) is 0 Å². The normalized spacial score (nSPS) is 13.0. The summed E-state index contributed by atoms with van der Waals surface area (Å²) in [4.78, 5) is 0. The zero-order chi connectivity index (χ0) is 12.6. The molecule has 0 bridgehead atoms. The lowest BCUT2D eigenvalue weighted by Gasteiger charge is -2.04. The number of nitrogens with two attached hydrogens (primary N) is 1. The van der Waals surface area contributed by atoms with Gasteiger partial charge in [-0.2, -0.15) is 5.10 Å². The van der Waals surface area contributed by atoms with Crippen molar-refractivity contribution >= 4 is 0 Å². The monoisotopic (exact) mass is 234 g/mol. The summed E-state index contributed by atoms with van der Waals surface area (Å²) in [6.45, 7) is 5.96. The largest absolute Gasteiger partial charge is 0.323 e. The van der Waals surface area contributed by atoms with Crippen molar-refractivity contribution in [1.29, 1.82) is 0 Å². The van der Waals surface area contributed by atoms with Crippen molar-refractivity contribution in [3.63, 3.8) is 0 Å². The Morgan fingerprint density at radius 1 is 1.47 bits per heavy atom. The number of hydrogen-bond donors (Lipinski definition) is 1. The van der Waals surface area contributed by atoms with E-state index in [1.54, 1.807) is 4.68 Å². The molecule has 2 aromatic rings. The lowest BCUT2D eigenvalue weighted by Crippen LogP contribution is -2.08. The fourth-order valence-corrected chi connectivity index (χ4v) is 1.94. The molecule has 0 aromatic carbocycles. The number of hydrogen-bond acceptors (Lipinski definition) is 4. The van der Waals surface area contributed by atoms with E-state index in [1.165, 1.54) is 0 Å². The highest BCUT2D eigenvalue weighted by Crippen LogP contribution is 2.18. The molecule has 0 fully saturated rings. The van der Waals surface area contributed by atoms with Gasteiger partial charge >= 0.3 is 0 Å². The lowest BCUT2D eigenvalue weighted by atomic mass is 10.2. The fourth-order valence-electron chi connectivity index (χ4n) is 1.94. The van der Waals surface area contributed by atoms with E-state index < -0.39 is 0 Å². The molecule has 2 N–H and O–H groups in total. The first-order valence-corrected chi connectivity index (χ1v) is 5.75. The molecule has 1 atom stereocenters. The summed E-state index contributed by atoms with van der Waals surface area (Å²) in [5, 5.41) is 12.7. The molecule has 2 rings (SSSR count). The van der Waals surface area contributed by atoms with Crippen LogP contribution >= 0.6 is 0 Å². The highest BCUT2D eigenvalue weighted by Gasteiger charge is 2.16. The second-order valence-electron chi connectivity index (χ2n) is 4.25. The molecule has 2 aromatic heterocycles. The third-order valence-corrected chi connectivity index (χ3v) is 2.81. The average Bonchev–Trinajstić information content (AvgIpc) is 2.81.